The lowest BCUT2D eigenvalue weighted by molar-refractivity contribution is -0.130. The van der Waals surface area contributed by atoms with Crippen molar-refractivity contribution >= 4 is 27.5 Å². The summed E-state index contributed by atoms with van der Waals surface area (Å²) in [5.41, 5.74) is 1.23. The van der Waals surface area contributed by atoms with E-state index in [0.717, 1.165) is 61.5 Å². The van der Waals surface area contributed by atoms with Gasteiger partial charge in [-0.3, -0.25) is 14.5 Å². The number of aryl methyl sites for hydroxylation is 1. The summed E-state index contributed by atoms with van der Waals surface area (Å²) in [5.74, 6) is 1.56. The molecule has 1 amide bonds. The molecule has 2 aliphatic rings. The van der Waals surface area contributed by atoms with Crippen molar-refractivity contribution in [2.75, 3.05) is 26.2 Å². The van der Waals surface area contributed by atoms with Gasteiger partial charge in [-0.1, -0.05) is 6.92 Å². The average molecular weight is 375 g/mol. The highest BCUT2D eigenvalue weighted by Gasteiger charge is 2.27. The van der Waals surface area contributed by atoms with Crippen molar-refractivity contribution in [2.24, 2.45) is 5.92 Å². The number of rotatable bonds is 2. The standard InChI is InChI=1S/C19H26N4O2S/c1-11-4-5-14-15(10-11)26-19-16(14)18(25)20-17(21-19)12(2)22-6-8-23(9-7-22)13(3)24/h11-12H,4-10H2,1-3H3,(H,20,21,25)/t11-,12-/m1/s1. The Morgan fingerprint density at radius 3 is 2.73 bits per heavy atom. The van der Waals surface area contributed by atoms with Gasteiger partial charge in [0.25, 0.3) is 5.56 Å². The zero-order chi connectivity index (χ0) is 18.4. The third-order valence-electron chi connectivity index (χ3n) is 5.89. The minimum absolute atomic E-state index is 0.00581. The van der Waals surface area contributed by atoms with Gasteiger partial charge in [0.05, 0.1) is 11.4 Å². The molecule has 3 heterocycles. The first kappa shape index (κ1) is 17.7. The number of hydrogen-bond donors (Lipinski definition) is 1. The lowest BCUT2D eigenvalue weighted by Gasteiger charge is -2.37. The molecule has 1 saturated heterocycles. The van der Waals surface area contributed by atoms with Crippen LogP contribution < -0.4 is 5.56 Å². The second-order valence-corrected chi connectivity index (χ2v) is 8.78. The minimum Gasteiger partial charge on any atom is -0.340 e. The molecular weight excluding hydrogens is 348 g/mol. The maximum atomic E-state index is 12.8. The van der Waals surface area contributed by atoms with Gasteiger partial charge in [0, 0.05) is 38.0 Å². The zero-order valence-electron chi connectivity index (χ0n) is 15.7. The molecule has 1 fully saturated rings. The molecule has 6 nitrogen and oxygen atoms in total. The molecule has 26 heavy (non-hydrogen) atoms. The van der Waals surface area contributed by atoms with Crippen LogP contribution in [0.1, 0.15) is 49.5 Å². The van der Waals surface area contributed by atoms with Gasteiger partial charge in [-0.2, -0.15) is 0 Å². The summed E-state index contributed by atoms with van der Waals surface area (Å²) < 4.78 is 0. The lowest BCUT2D eigenvalue weighted by atomic mass is 9.89. The van der Waals surface area contributed by atoms with Gasteiger partial charge < -0.3 is 9.88 Å². The van der Waals surface area contributed by atoms with Crippen LogP contribution in [-0.4, -0.2) is 51.9 Å². The molecule has 1 aliphatic heterocycles. The topological polar surface area (TPSA) is 69.3 Å². The van der Waals surface area contributed by atoms with Gasteiger partial charge in [-0.15, -0.1) is 11.3 Å². The summed E-state index contributed by atoms with van der Waals surface area (Å²) in [7, 11) is 0. The Kier molecular flexibility index (Phi) is 4.61. The van der Waals surface area contributed by atoms with Gasteiger partial charge in [0.1, 0.15) is 10.7 Å². The Balaban J connectivity index is 1.61. The highest BCUT2D eigenvalue weighted by molar-refractivity contribution is 7.18. The van der Waals surface area contributed by atoms with Crippen LogP contribution in [0.4, 0.5) is 0 Å². The molecule has 0 radical (unpaired) electrons. The fourth-order valence-electron chi connectivity index (χ4n) is 4.16. The van der Waals surface area contributed by atoms with Crippen LogP contribution in [0.3, 0.4) is 0 Å². The number of aromatic nitrogens is 2. The van der Waals surface area contributed by atoms with Crippen molar-refractivity contribution in [2.45, 2.75) is 46.1 Å². The molecule has 0 spiro atoms. The van der Waals surface area contributed by atoms with E-state index in [1.54, 1.807) is 18.3 Å². The van der Waals surface area contributed by atoms with E-state index in [-0.39, 0.29) is 17.5 Å². The number of carbonyl (C=O) groups excluding carboxylic acids is 1. The number of piperazine rings is 1. The van der Waals surface area contributed by atoms with E-state index in [0.29, 0.717) is 5.92 Å². The molecule has 0 saturated carbocycles. The Morgan fingerprint density at radius 2 is 2.04 bits per heavy atom. The van der Waals surface area contributed by atoms with E-state index in [2.05, 4.69) is 23.7 Å². The van der Waals surface area contributed by atoms with Crippen LogP contribution in [0.5, 0.6) is 0 Å². The third kappa shape index (κ3) is 3.07. The molecule has 2 atom stereocenters. The number of H-pyrrole nitrogens is 1. The number of nitrogens with one attached hydrogen (secondary N) is 1. The van der Waals surface area contributed by atoms with Crippen LogP contribution >= 0.6 is 11.3 Å². The average Bonchev–Trinajstić information content (AvgIpc) is 2.98. The number of hydrogen-bond acceptors (Lipinski definition) is 5. The molecule has 0 bridgehead atoms. The van der Waals surface area contributed by atoms with Gasteiger partial charge >= 0.3 is 0 Å². The molecule has 2 aromatic rings. The number of aromatic amines is 1. The summed E-state index contributed by atoms with van der Waals surface area (Å²) in [4.78, 5) is 38.6. The molecule has 0 unspecified atom stereocenters. The predicted octanol–water partition coefficient (Wildman–Crippen LogP) is 2.33. The molecule has 140 valence electrons. The first-order chi connectivity index (χ1) is 12.4. The maximum Gasteiger partial charge on any atom is 0.259 e. The molecule has 0 aromatic carbocycles. The molecular formula is C19H26N4O2S. The fourth-order valence-corrected chi connectivity index (χ4v) is 5.55. The summed E-state index contributed by atoms with van der Waals surface area (Å²) >= 11 is 1.70. The summed E-state index contributed by atoms with van der Waals surface area (Å²) in [6.07, 6.45) is 3.20. The maximum absolute atomic E-state index is 12.8. The van der Waals surface area contributed by atoms with Crippen molar-refractivity contribution < 1.29 is 4.79 Å². The molecule has 1 N–H and O–H groups in total. The van der Waals surface area contributed by atoms with Crippen molar-refractivity contribution in [1.82, 2.24) is 19.8 Å². The first-order valence-corrected chi connectivity index (χ1v) is 10.3. The Labute approximate surface area is 157 Å². The zero-order valence-corrected chi connectivity index (χ0v) is 16.5. The normalized spacial score (nSPS) is 22.4. The van der Waals surface area contributed by atoms with Gasteiger partial charge in [0.15, 0.2) is 0 Å². The van der Waals surface area contributed by atoms with Crippen molar-refractivity contribution in [3.63, 3.8) is 0 Å². The molecule has 4 rings (SSSR count). The van der Waals surface area contributed by atoms with Crippen LogP contribution in [0.2, 0.25) is 0 Å². The van der Waals surface area contributed by atoms with E-state index in [9.17, 15) is 9.59 Å². The number of fused-ring (bicyclic) bond motifs is 3. The van der Waals surface area contributed by atoms with Crippen molar-refractivity contribution in [3.8, 4) is 0 Å². The number of carbonyl (C=O) groups is 1. The summed E-state index contributed by atoms with van der Waals surface area (Å²) in [5, 5.41) is 0.814. The van der Waals surface area contributed by atoms with Crippen molar-refractivity contribution in [3.05, 3.63) is 26.6 Å². The second kappa shape index (κ2) is 6.78. The largest absolute Gasteiger partial charge is 0.340 e. The molecule has 7 heteroatoms. The van der Waals surface area contributed by atoms with E-state index in [1.165, 1.54) is 10.4 Å². The number of amides is 1. The van der Waals surface area contributed by atoms with Crippen LogP contribution in [0.15, 0.2) is 4.79 Å². The molecule has 1 aliphatic carbocycles. The summed E-state index contributed by atoms with van der Waals surface area (Å²) in [6, 6.07) is 0.0410. The first-order valence-electron chi connectivity index (χ1n) is 9.48. The third-order valence-corrected chi connectivity index (χ3v) is 7.04. The quantitative estimate of drug-likeness (QED) is 0.876. The van der Waals surface area contributed by atoms with E-state index in [1.807, 2.05) is 4.90 Å². The van der Waals surface area contributed by atoms with Crippen molar-refractivity contribution in [1.29, 1.82) is 0 Å². The minimum atomic E-state index is 0.00581. The highest BCUT2D eigenvalue weighted by Crippen LogP contribution is 2.36. The SMILES string of the molecule is CC(=O)N1CCN([C@H](C)c2nc3sc4c(c3c(=O)[nH]2)CC[C@@H](C)C4)CC1. The fraction of sp³-hybridized carbons (Fsp3) is 0.632. The van der Waals surface area contributed by atoms with Crippen LogP contribution in [-0.2, 0) is 17.6 Å². The second-order valence-electron chi connectivity index (χ2n) is 7.70. The van der Waals surface area contributed by atoms with Gasteiger partial charge in [-0.25, -0.2) is 4.98 Å². The van der Waals surface area contributed by atoms with E-state index < -0.39 is 0 Å². The van der Waals surface area contributed by atoms with Gasteiger partial charge in [0.2, 0.25) is 5.91 Å². The monoisotopic (exact) mass is 374 g/mol. The van der Waals surface area contributed by atoms with E-state index >= 15 is 0 Å². The Hall–Kier alpha value is -1.73. The van der Waals surface area contributed by atoms with Gasteiger partial charge in [-0.05, 0) is 37.7 Å². The highest BCUT2D eigenvalue weighted by atomic mass is 32.1. The van der Waals surface area contributed by atoms with Crippen LogP contribution in [0.25, 0.3) is 10.2 Å². The molecule has 2 aromatic heterocycles. The predicted molar refractivity (Wildman–Crippen MR) is 104 cm³/mol. The number of thiophene rings is 1. The number of nitrogens with zero attached hydrogens (tertiary/aromatic N) is 3. The summed E-state index contributed by atoms with van der Waals surface area (Å²) in [6.45, 7) is 9.06. The van der Waals surface area contributed by atoms with E-state index in [4.69, 9.17) is 4.98 Å². The Bertz CT molecular complexity index is 895. The smallest absolute Gasteiger partial charge is 0.259 e. The van der Waals surface area contributed by atoms with Crippen LogP contribution in [0, 0.1) is 5.92 Å². The Morgan fingerprint density at radius 1 is 1.31 bits per heavy atom. The lowest BCUT2D eigenvalue weighted by Crippen LogP contribution is -2.49.